The highest BCUT2D eigenvalue weighted by Crippen LogP contribution is 2.29. The maximum Gasteiger partial charge on any atom is 0.155 e. The lowest BCUT2D eigenvalue weighted by Gasteiger charge is -2.09. The van der Waals surface area contributed by atoms with Crippen molar-refractivity contribution in [2.45, 2.75) is 0 Å². The van der Waals surface area contributed by atoms with Crippen LogP contribution in [0.3, 0.4) is 0 Å². The molecule has 0 saturated carbocycles. The minimum Gasteiger partial charge on any atom is -0.497 e. The van der Waals surface area contributed by atoms with E-state index >= 15 is 0 Å². The predicted octanol–water partition coefficient (Wildman–Crippen LogP) is 2.92. The molecule has 1 aliphatic rings. The Kier molecular flexibility index (Phi) is 3.92. The minimum absolute atomic E-state index is 0.637. The van der Waals surface area contributed by atoms with Gasteiger partial charge in [-0.3, -0.25) is 15.4 Å². The van der Waals surface area contributed by atoms with Gasteiger partial charge in [-0.25, -0.2) is 4.99 Å². The summed E-state index contributed by atoms with van der Waals surface area (Å²) in [6, 6.07) is 13.4. The van der Waals surface area contributed by atoms with E-state index in [1.165, 1.54) is 0 Å². The summed E-state index contributed by atoms with van der Waals surface area (Å²) in [4.78, 5) is 13.1. The van der Waals surface area contributed by atoms with Gasteiger partial charge in [0.25, 0.3) is 0 Å². The van der Waals surface area contributed by atoms with E-state index in [1.54, 1.807) is 31.9 Å². The number of aliphatic imine (C=N–C) groups is 1. The molecule has 4 rings (SSSR count). The number of fused-ring (bicyclic) bond motifs is 1. The summed E-state index contributed by atoms with van der Waals surface area (Å²) in [6.45, 7) is 0. The van der Waals surface area contributed by atoms with Gasteiger partial charge in [0, 0.05) is 41.5 Å². The number of hydrogen-bond donors (Lipinski definition) is 1. The third-order valence-corrected chi connectivity index (χ3v) is 3.83. The zero-order valence-corrected chi connectivity index (χ0v) is 13.5. The highest BCUT2D eigenvalue weighted by atomic mass is 16.5. The number of benzene rings is 1. The van der Waals surface area contributed by atoms with Crippen molar-refractivity contribution in [1.29, 1.82) is 0 Å². The zero-order valence-electron chi connectivity index (χ0n) is 13.5. The predicted molar refractivity (Wildman–Crippen MR) is 96.4 cm³/mol. The molecule has 6 heteroatoms. The van der Waals surface area contributed by atoms with Crippen molar-refractivity contribution in [1.82, 2.24) is 15.4 Å². The number of hydrogen-bond acceptors (Lipinski definition) is 6. The van der Waals surface area contributed by atoms with E-state index in [2.05, 4.69) is 20.5 Å². The Bertz CT molecular complexity index is 952. The van der Waals surface area contributed by atoms with E-state index in [0.29, 0.717) is 5.84 Å². The molecule has 1 N–H and O–H groups in total. The zero-order chi connectivity index (χ0) is 17.1. The van der Waals surface area contributed by atoms with Gasteiger partial charge in [-0.1, -0.05) is 0 Å². The van der Waals surface area contributed by atoms with E-state index in [0.717, 1.165) is 33.8 Å². The summed E-state index contributed by atoms with van der Waals surface area (Å²) < 4.78 is 5.37. The molecule has 0 radical (unpaired) electrons. The van der Waals surface area contributed by atoms with Gasteiger partial charge in [-0.15, -0.1) is 0 Å². The van der Waals surface area contributed by atoms with Crippen LogP contribution in [-0.4, -0.2) is 28.6 Å². The molecule has 0 amide bonds. The van der Waals surface area contributed by atoms with E-state index < -0.39 is 0 Å². The van der Waals surface area contributed by atoms with Crippen LogP contribution >= 0.6 is 0 Å². The molecular formula is C19H15N5O. The fourth-order valence-corrected chi connectivity index (χ4v) is 2.60. The topological polar surface area (TPSA) is 71.8 Å². The maximum atomic E-state index is 5.37. The van der Waals surface area contributed by atoms with E-state index in [-0.39, 0.29) is 0 Å². The van der Waals surface area contributed by atoms with Crippen molar-refractivity contribution in [3.05, 3.63) is 83.9 Å². The summed E-state index contributed by atoms with van der Waals surface area (Å²) in [5, 5.41) is 4.58. The summed E-state index contributed by atoms with van der Waals surface area (Å²) in [6.07, 6.45) is 6.99. The summed E-state index contributed by atoms with van der Waals surface area (Å²) >= 11 is 0. The molecule has 0 unspecified atom stereocenters. The lowest BCUT2D eigenvalue weighted by molar-refractivity contribution is 0.415. The third kappa shape index (κ3) is 2.97. The van der Waals surface area contributed by atoms with Gasteiger partial charge in [0.2, 0.25) is 0 Å². The highest BCUT2D eigenvalue weighted by Gasteiger charge is 2.18. The molecule has 1 aliphatic heterocycles. The fraction of sp³-hybridized carbons (Fsp3) is 0.0526. The van der Waals surface area contributed by atoms with Gasteiger partial charge in [0.1, 0.15) is 11.5 Å². The van der Waals surface area contributed by atoms with Crippen LogP contribution in [0.1, 0.15) is 16.7 Å². The number of rotatable bonds is 3. The van der Waals surface area contributed by atoms with Crippen LogP contribution in [0, 0.1) is 0 Å². The number of nitrogens with zero attached hydrogens (tertiary/aromatic N) is 4. The molecule has 2 aromatic heterocycles. The highest BCUT2D eigenvalue weighted by molar-refractivity contribution is 6.18. The van der Waals surface area contributed by atoms with Crippen LogP contribution in [0.4, 0.5) is 5.69 Å². The summed E-state index contributed by atoms with van der Waals surface area (Å²) in [5.41, 5.74) is 7.24. The first-order valence-corrected chi connectivity index (χ1v) is 7.77. The van der Waals surface area contributed by atoms with Crippen LogP contribution in [0.2, 0.25) is 0 Å². The molecule has 6 nitrogen and oxygen atoms in total. The van der Waals surface area contributed by atoms with Gasteiger partial charge in [-0.05, 0) is 42.5 Å². The molecule has 1 aromatic carbocycles. The van der Waals surface area contributed by atoms with Crippen molar-refractivity contribution in [3.8, 4) is 5.75 Å². The second-order valence-corrected chi connectivity index (χ2v) is 5.40. The first-order valence-electron chi connectivity index (χ1n) is 7.77. The van der Waals surface area contributed by atoms with Gasteiger partial charge < -0.3 is 4.74 Å². The number of nitrogens with one attached hydrogen (secondary N) is 1. The van der Waals surface area contributed by atoms with Crippen molar-refractivity contribution < 1.29 is 4.74 Å². The molecule has 0 aliphatic carbocycles. The molecule has 0 atom stereocenters. The summed E-state index contributed by atoms with van der Waals surface area (Å²) in [7, 11) is 1.64. The van der Waals surface area contributed by atoms with Crippen molar-refractivity contribution in [2.24, 2.45) is 10.1 Å². The van der Waals surface area contributed by atoms with Crippen LogP contribution in [-0.2, 0) is 0 Å². The molecule has 3 aromatic rings. The molecule has 122 valence electrons. The molecular weight excluding hydrogens is 314 g/mol. The Balaban J connectivity index is 1.89. The van der Waals surface area contributed by atoms with Crippen LogP contribution < -0.4 is 10.2 Å². The third-order valence-electron chi connectivity index (χ3n) is 3.83. The van der Waals surface area contributed by atoms with E-state index in [9.17, 15) is 0 Å². The molecule has 0 spiro atoms. The Labute approximate surface area is 144 Å². The standard InChI is InChI=1S/C19H15N5O/c1-25-15-6-7-17-16(10-15)18(13-4-2-8-20-11-13)23-24-19(22-17)14-5-3-9-21-12-14/h2-12H,1H3,(H,22,24). The van der Waals surface area contributed by atoms with E-state index in [1.807, 2.05) is 42.5 Å². The van der Waals surface area contributed by atoms with Gasteiger partial charge in [0.05, 0.1) is 12.8 Å². The quantitative estimate of drug-likeness (QED) is 0.802. The van der Waals surface area contributed by atoms with Crippen molar-refractivity contribution in [3.63, 3.8) is 0 Å². The lowest BCUT2D eigenvalue weighted by Crippen LogP contribution is -2.19. The van der Waals surface area contributed by atoms with Gasteiger partial charge in [0.15, 0.2) is 5.84 Å². The molecule has 25 heavy (non-hydrogen) atoms. The molecule has 0 fully saturated rings. The number of hydrazone groups is 1. The normalized spacial score (nSPS) is 13.0. The second kappa shape index (κ2) is 6.52. The SMILES string of the molecule is COc1ccc2c(c1)C(c1cccnc1)=NNC(c1cccnc1)=N2. The Morgan fingerprint density at radius 2 is 1.68 bits per heavy atom. The summed E-state index contributed by atoms with van der Waals surface area (Å²) in [5.74, 6) is 1.38. The first-order chi connectivity index (χ1) is 12.3. The second-order valence-electron chi connectivity index (χ2n) is 5.40. The van der Waals surface area contributed by atoms with E-state index in [4.69, 9.17) is 9.73 Å². The number of aromatic nitrogens is 2. The maximum absolute atomic E-state index is 5.37. The number of pyridine rings is 2. The Morgan fingerprint density at radius 1 is 0.920 bits per heavy atom. The van der Waals surface area contributed by atoms with Crippen LogP contribution in [0.5, 0.6) is 5.75 Å². The largest absolute Gasteiger partial charge is 0.497 e. The Hall–Kier alpha value is -3.54. The smallest absolute Gasteiger partial charge is 0.155 e. The molecule has 0 bridgehead atoms. The average molecular weight is 329 g/mol. The van der Waals surface area contributed by atoms with Gasteiger partial charge in [-0.2, -0.15) is 5.10 Å². The first kappa shape index (κ1) is 15.0. The number of methoxy groups -OCH3 is 1. The monoisotopic (exact) mass is 329 g/mol. The van der Waals surface area contributed by atoms with Crippen LogP contribution in [0.25, 0.3) is 0 Å². The van der Waals surface area contributed by atoms with Crippen molar-refractivity contribution >= 4 is 17.2 Å². The minimum atomic E-state index is 0.637. The van der Waals surface area contributed by atoms with Crippen LogP contribution in [0.15, 0.2) is 77.3 Å². The Morgan fingerprint density at radius 3 is 2.36 bits per heavy atom. The number of ether oxygens (including phenoxy) is 1. The average Bonchev–Trinajstić information content (AvgIpc) is 2.88. The lowest BCUT2D eigenvalue weighted by atomic mass is 10.0. The van der Waals surface area contributed by atoms with Gasteiger partial charge >= 0.3 is 0 Å². The number of amidine groups is 1. The molecule has 3 heterocycles. The van der Waals surface area contributed by atoms with Crippen molar-refractivity contribution in [2.75, 3.05) is 7.11 Å². The molecule has 0 saturated heterocycles. The fourth-order valence-electron chi connectivity index (χ4n) is 2.60.